The lowest BCUT2D eigenvalue weighted by atomic mass is 10.2. The van der Waals surface area contributed by atoms with Crippen LogP contribution in [0.25, 0.3) is 21.8 Å². The molecule has 6 heteroatoms. The van der Waals surface area contributed by atoms with Gasteiger partial charge in [0.05, 0.1) is 17.2 Å². The molecule has 1 N–H and O–H groups in total. The molecular formula is C22H22N4O2. The van der Waals surface area contributed by atoms with Gasteiger partial charge >= 0.3 is 0 Å². The Kier molecular flexibility index (Phi) is 4.93. The lowest BCUT2D eigenvalue weighted by Crippen LogP contribution is -2.33. The Morgan fingerprint density at radius 2 is 1.89 bits per heavy atom. The van der Waals surface area contributed by atoms with Crippen LogP contribution in [0.2, 0.25) is 0 Å². The summed E-state index contributed by atoms with van der Waals surface area (Å²) < 4.78 is 3.61. The van der Waals surface area contributed by atoms with Gasteiger partial charge in [-0.3, -0.25) is 14.2 Å². The highest BCUT2D eigenvalue weighted by Gasteiger charge is 2.08. The first kappa shape index (κ1) is 18.0. The number of nitrogens with one attached hydrogen (secondary N) is 1. The lowest BCUT2D eigenvalue weighted by Gasteiger charge is -2.10. The quantitative estimate of drug-likeness (QED) is 0.528. The molecule has 2 heterocycles. The molecule has 4 rings (SSSR count). The zero-order valence-electron chi connectivity index (χ0n) is 15.8. The highest BCUT2D eigenvalue weighted by atomic mass is 16.2. The number of hydrogen-bond acceptors (Lipinski definition) is 3. The van der Waals surface area contributed by atoms with Crippen LogP contribution in [0.4, 0.5) is 0 Å². The van der Waals surface area contributed by atoms with Crippen LogP contribution >= 0.6 is 0 Å². The second-order valence-corrected chi connectivity index (χ2v) is 6.89. The minimum Gasteiger partial charge on any atom is -0.354 e. The van der Waals surface area contributed by atoms with Crippen LogP contribution in [0.5, 0.6) is 0 Å². The summed E-state index contributed by atoms with van der Waals surface area (Å²) in [7, 11) is 0. The van der Waals surface area contributed by atoms with Crippen molar-refractivity contribution in [3.8, 4) is 0 Å². The van der Waals surface area contributed by atoms with E-state index in [0.717, 1.165) is 13.0 Å². The Labute approximate surface area is 162 Å². The average molecular weight is 374 g/mol. The number of hydrogen-bond donors (Lipinski definition) is 1. The fourth-order valence-corrected chi connectivity index (χ4v) is 3.54. The molecule has 28 heavy (non-hydrogen) atoms. The van der Waals surface area contributed by atoms with Gasteiger partial charge in [-0.05, 0) is 43.0 Å². The van der Waals surface area contributed by atoms with E-state index in [1.807, 2.05) is 18.2 Å². The molecule has 0 aliphatic heterocycles. The van der Waals surface area contributed by atoms with Crippen LogP contribution in [-0.2, 0) is 17.9 Å². The largest absolute Gasteiger partial charge is 0.354 e. The van der Waals surface area contributed by atoms with E-state index in [-0.39, 0.29) is 18.0 Å². The van der Waals surface area contributed by atoms with Crippen molar-refractivity contribution in [1.82, 2.24) is 19.4 Å². The highest BCUT2D eigenvalue weighted by Crippen LogP contribution is 2.19. The second-order valence-electron chi connectivity index (χ2n) is 6.89. The fraction of sp³-hybridized carbons (Fsp3) is 0.227. The van der Waals surface area contributed by atoms with Crippen LogP contribution < -0.4 is 10.9 Å². The number of aromatic nitrogens is 3. The maximum absolute atomic E-state index is 12.5. The maximum atomic E-state index is 12.5. The van der Waals surface area contributed by atoms with Gasteiger partial charge in [0.1, 0.15) is 6.54 Å². The molecule has 142 valence electrons. The van der Waals surface area contributed by atoms with Crippen molar-refractivity contribution in [1.29, 1.82) is 0 Å². The maximum Gasteiger partial charge on any atom is 0.261 e. The number of rotatable bonds is 6. The number of nitrogens with zero attached hydrogens (tertiary/aromatic N) is 3. The smallest absolute Gasteiger partial charge is 0.261 e. The average Bonchev–Trinajstić information content (AvgIpc) is 3.03. The number of para-hydroxylation sites is 2. The molecular weight excluding hydrogens is 352 g/mol. The number of carbonyl (C=O) groups excluding carboxylic acids is 1. The van der Waals surface area contributed by atoms with Gasteiger partial charge in [0.25, 0.3) is 5.56 Å². The van der Waals surface area contributed by atoms with Gasteiger partial charge in [-0.25, -0.2) is 4.98 Å². The summed E-state index contributed by atoms with van der Waals surface area (Å²) >= 11 is 0. The van der Waals surface area contributed by atoms with Crippen molar-refractivity contribution in [3.63, 3.8) is 0 Å². The number of benzene rings is 2. The molecule has 0 aliphatic rings. The Balaban J connectivity index is 1.34. The molecule has 0 fully saturated rings. The van der Waals surface area contributed by atoms with Gasteiger partial charge in [0.15, 0.2) is 0 Å². The molecule has 0 atom stereocenters. The number of aryl methyl sites for hydroxylation is 2. The third-order valence-corrected chi connectivity index (χ3v) is 4.94. The van der Waals surface area contributed by atoms with Crippen molar-refractivity contribution in [2.45, 2.75) is 26.4 Å². The van der Waals surface area contributed by atoms with Gasteiger partial charge in [0, 0.05) is 24.3 Å². The van der Waals surface area contributed by atoms with Crippen LogP contribution in [0.3, 0.4) is 0 Å². The van der Waals surface area contributed by atoms with Gasteiger partial charge < -0.3 is 9.88 Å². The van der Waals surface area contributed by atoms with Gasteiger partial charge in [-0.1, -0.05) is 30.3 Å². The summed E-state index contributed by atoms with van der Waals surface area (Å²) in [6, 6.07) is 17.6. The van der Waals surface area contributed by atoms with E-state index in [2.05, 4.69) is 40.0 Å². The van der Waals surface area contributed by atoms with Crippen molar-refractivity contribution in [2.24, 2.45) is 0 Å². The Bertz CT molecular complexity index is 1210. The summed E-state index contributed by atoms with van der Waals surface area (Å²) in [5.74, 6) is -0.187. The highest BCUT2D eigenvalue weighted by molar-refractivity contribution is 5.81. The molecule has 0 saturated heterocycles. The topological polar surface area (TPSA) is 68.9 Å². The van der Waals surface area contributed by atoms with Gasteiger partial charge in [0.2, 0.25) is 5.91 Å². The van der Waals surface area contributed by atoms with E-state index in [1.54, 1.807) is 18.2 Å². The van der Waals surface area contributed by atoms with Crippen LogP contribution in [0.1, 0.15) is 12.1 Å². The normalized spacial score (nSPS) is 11.2. The SMILES string of the molecule is Cc1cc2ccccc2n1CCCNC(=O)Cn1cnc2ccccc2c1=O. The monoisotopic (exact) mass is 374 g/mol. The first-order chi connectivity index (χ1) is 13.6. The predicted molar refractivity (Wildman–Crippen MR) is 110 cm³/mol. The van der Waals surface area contributed by atoms with E-state index >= 15 is 0 Å². The molecule has 6 nitrogen and oxygen atoms in total. The molecule has 4 aromatic rings. The molecule has 0 spiro atoms. The zero-order valence-corrected chi connectivity index (χ0v) is 15.8. The van der Waals surface area contributed by atoms with E-state index in [9.17, 15) is 9.59 Å². The molecule has 2 aromatic heterocycles. The van der Waals surface area contributed by atoms with Crippen molar-refractivity contribution < 1.29 is 4.79 Å². The standard InChI is InChI=1S/C22H22N4O2/c1-16-13-17-7-2-5-10-20(17)26(16)12-6-11-23-21(27)14-25-15-24-19-9-4-3-8-18(19)22(25)28/h2-5,7-10,13,15H,6,11-12,14H2,1H3,(H,23,27). The molecule has 0 aliphatic carbocycles. The summed E-state index contributed by atoms with van der Waals surface area (Å²) in [5.41, 5.74) is 2.86. The molecule has 0 radical (unpaired) electrons. The first-order valence-electron chi connectivity index (χ1n) is 9.39. The van der Waals surface area contributed by atoms with E-state index in [1.165, 1.54) is 27.5 Å². The predicted octanol–water partition coefficient (Wildman–Crippen LogP) is 2.87. The van der Waals surface area contributed by atoms with E-state index in [4.69, 9.17) is 0 Å². The van der Waals surface area contributed by atoms with Crippen molar-refractivity contribution in [2.75, 3.05) is 6.54 Å². The molecule has 1 amide bonds. The minimum atomic E-state index is -0.199. The minimum absolute atomic E-state index is 0.0256. The Morgan fingerprint density at radius 3 is 2.79 bits per heavy atom. The second kappa shape index (κ2) is 7.68. The fourth-order valence-electron chi connectivity index (χ4n) is 3.54. The van der Waals surface area contributed by atoms with E-state index in [0.29, 0.717) is 17.4 Å². The third-order valence-electron chi connectivity index (χ3n) is 4.94. The molecule has 0 bridgehead atoms. The lowest BCUT2D eigenvalue weighted by molar-refractivity contribution is -0.121. The summed E-state index contributed by atoms with van der Waals surface area (Å²) in [5, 5.41) is 4.65. The van der Waals surface area contributed by atoms with Crippen molar-refractivity contribution in [3.05, 3.63) is 77.0 Å². The number of fused-ring (bicyclic) bond motifs is 2. The Hall–Kier alpha value is -3.41. The number of carbonyl (C=O) groups is 1. The summed E-state index contributed by atoms with van der Waals surface area (Å²) in [6.07, 6.45) is 2.25. The summed E-state index contributed by atoms with van der Waals surface area (Å²) in [6.45, 7) is 3.46. The number of amides is 1. The third kappa shape index (κ3) is 3.53. The Morgan fingerprint density at radius 1 is 1.11 bits per heavy atom. The zero-order chi connectivity index (χ0) is 19.5. The van der Waals surface area contributed by atoms with Gasteiger partial charge in [-0.2, -0.15) is 0 Å². The van der Waals surface area contributed by atoms with Crippen LogP contribution in [-0.4, -0.2) is 26.6 Å². The molecule has 2 aromatic carbocycles. The van der Waals surface area contributed by atoms with Crippen LogP contribution in [0, 0.1) is 6.92 Å². The molecule has 0 unspecified atom stereocenters. The van der Waals surface area contributed by atoms with Crippen LogP contribution in [0.15, 0.2) is 65.7 Å². The van der Waals surface area contributed by atoms with Gasteiger partial charge in [-0.15, -0.1) is 0 Å². The first-order valence-corrected chi connectivity index (χ1v) is 9.39. The van der Waals surface area contributed by atoms with E-state index < -0.39 is 0 Å². The van der Waals surface area contributed by atoms with Crippen molar-refractivity contribution >= 4 is 27.7 Å². The summed E-state index contributed by atoms with van der Waals surface area (Å²) in [4.78, 5) is 28.9. The molecule has 0 saturated carbocycles.